The number of carbonyl (C=O) groups excluding carboxylic acids is 2. The molecule has 0 aliphatic carbocycles. The minimum absolute atomic E-state index is 0.0224. The molecule has 0 aliphatic heterocycles. The summed E-state index contributed by atoms with van der Waals surface area (Å²) in [5.74, 6) is 0.765. The van der Waals surface area contributed by atoms with Crippen molar-refractivity contribution >= 4 is 11.7 Å². The molecule has 0 rings (SSSR count). The Morgan fingerprint density at radius 1 is 1.07 bits per heavy atom. The summed E-state index contributed by atoms with van der Waals surface area (Å²) in [6.07, 6.45) is 1.21. The van der Waals surface area contributed by atoms with Crippen molar-refractivity contribution in [2.45, 2.75) is 53.5 Å². The third-order valence-electron chi connectivity index (χ3n) is 2.13. The summed E-state index contributed by atoms with van der Waals surface area (Å²) in [7, 11) is 0. The van der Waals surface area contributed by atoms with E-state index < -0.39 is 0 Å². The zero-order chi connectivity index (χ0) is 12.0. The lowest BCUT2D eigenvalue weighted by atomic mass is 10.0. The molecular formula is C12H23NO2. The molecule has 1 N–H and O–H groups in total. The van der Waals surface area contributed by atoms with Crippen LogP contribution in [0, 0.1) is 11.8 Å². The number of hydrogen-bond acceptors (Lipinski definition) is 2. The van der Waals surface area contributed by atoms with Gasteiger partial charge in [-0.1, -0.05) is 27.7 Å². The molecule has 0 aromatic heterocycles. The lowest BCUT2D eigenvalue weighted by Gasteiger charge is -2.18. The summed E-state index contributed by atoms with van der Waals surface area (Å²) in [5.41, 5.74) is 0. The Labute approximate surface area is 92.6 Å². The maximum Gasteiger partial charge on any atom is 0.220 e. The van der Waals surface area contributed by atoms with Crippen LogP contribution in [0.4, 0.5) is 0 Å². The molecule has 0 unspecified atom stereocenters. The summed E-state index contributed by atoms with van der Waals surface area (Å²) >= 11 is 0. The van der Waals surface area contributed by atoms with E-state index in [-0.39, 0.29) is 17.7 Å². The predicted octanol–water partition coefficient (Wildman–Crippen LogP) is 2.15. The molecule has 1 amide bonds. The monoisotopic (exact) mass is 213 g/mol. The van der Waals surface area contributed by atoms with Gasteiger partial charge in [-0.05, 0) is 25.2 Å². The van der Waals surface area contributed by atoms with Gasteiger partial charge in [0.2, 0.25) is 5.91 Å². The Morgan fingerprint density at radius 2 is 1.60 bits per heavy atom. The van der Waals surface area contributed by atoms with E-state index in [0.29, 0.717) is 18.3 Å². The molecule has 3 heteroatoms. The van der Waals surface area contributed by atoms with Crippen LogP contribution in [-0.4, -0.2) is 17.7 Å². The van der Waals surface area contributed by atoms with E-state index >= 15 is 0 Å². The van der Waals surface area contributed by atoms with Gasteiger partial charge >= 0.3 is 0 Å². The van der Waals surface area contributed by atoms with Crippen molar-refractivity contribution in [3.8, 4) is 0 Å². The van der Waals surface area contributed by atoms with Gasteiger partial charge in [-0.3, -0.25) is 9.59 Å². The Hall–Kier alpha value is -0.860. The fourth-order valence-electron chi connectivity index (χ4n) is 1.42. The normalized spacial score (nSPS) is 13.0. The number of carbonyl (C=O) groups is 2. The van der Waals surface area contributed by atoms with Gasteiger partial charge in [-0.25, -0.2) is 0 Å². The van der Waals surface area contributed by atoms with Gasteiger partial charge < -0.3 is 5.32 Å². The standard InChI is InChI=1S/C12H23NO2/c1-8(2)6-11(10(5)14)13-12(15)7-9(3)4/h8-9,11H,6-7H2,1-5H3,(H,13,15)/t11-/m1/s1. The first kappa shape index (κ1) is 14.1. The van der Waals surface area contributed by atoms with Crippen LogP contribution in [0.1, 0.15) is 47.5 Å². The highest BCUT2D eigenvalue weighted by Gasteiger charge is 2.18. The van der Waals surface area contributed by atoms with Gasteiger partial charge in [-0.2, -0.15) is 0 Å². The minimum atomic E-state index is -0.309. The molecule has 0 aromatic carbocycles. The predicted molar refractivity (Wildman–Crippen MR) is 61.5 cm³/mol. The fourth-order valence-corrected chi connectivity index (χ4v) is 1.42. The molecule has 0 aliphatic rings. The maximum absolute atomic E-state index is 11.5. The van der Waals surface area contributed by atoms with E-state index in [1.54, 1.807) is 0 Å². The molecule has 0 heterocycles. The Balaban J connectivity index is 4.16. The second-order valence-corrected chi connectivity index (χ2v) is 4.96. The van der Waals surface area contributed by atoms with Gasteiger partial charge in [-0.15, -0.1) is 0 Å². The SMILES string of the molecule is CC(=O)[C@@H](CC(C)C)NC(=O)CC(C)C. The van der Waals surface area contributed by atoms with Gasteiger partial charge in [0.25, 0.3) is 0 Å². The molecule has 0 fully saturated rings. The van der Waals surface area contributed by atoms with Crippen LogP contribution >= 0.6 is 0 Å². The zero-order valence-electron chi connectivity index (χ0n) is 10.5. The van der Waals surface area contributed by atoms with Crippen molar-refractivity contribution in [1.82, 2.24) is 5.32 Å². The average Bonchev–Trinajstić information content (AvgIpc) is 1.99. The van der Waals surface area contributed by atoms with Crippen LogP contribution in [0.3, 0.4) is 0 Å². The van der Waals surface area contributed by atoms with Gasteiger partial charge in [0.05, 0.1) is 6.04 Å². The third-order valence-corrected chi connectivity index (χ3v) is 2.13. The van der Waals surface area contributed by atoms with Crippen molar-refractivity contribution in [2.24, 2.45) is 11.8 Å². The molecule has 88 valence electrons. The summed E-state index contributed by atoms with van der Waals surface area (Å²) in [6.45, 7) is 9.60. The molecule has 0 bridgehead atoms. The van der Waals surface area contributed by atoms with E-state index in [9.17, 15) is 9.59 Å². The highest BCUT2D eigenvalue weighted by molar-refractivity contribution is 5.87. The van der Waals surface area contributed by atoms with Crippen molar-refractivity contribution in [1.29, 1.82) is 0 Å². The molecule has 0 radical (unpaired) electrons. The van der Waals surface area contributed by atoms with Gasteiger partial charge in [0.15, 0.2) is 5.78 Å². The Morgan fingerprint density at radius 3 is 1.93 bits per heavy atom. The van der Waals surface area contributed by atoms with Crippen LogP contribution in [-0.2, 0) is 9.59 Å². The fraction of sp³-hybridized carbons (Fsp3) is 0.833. The highest BCUT2D eigenvalue weighted by atomic mass is 16.2. The topological polar surface area (TPSA) is 46.2 Å². The van der Waals surface area contributed by atoms with Crippen molar-refractivity contribution in [2.75, 3.05) is 0 Å². The van der Waals surface area contributed by atoms with E-state index in [1.165, 1.54) is 6.92 Å². The first-order chi connectivity index (χ1) is 6.82. The van der Waals surface area contributed by atoms with Crippen LogP contribution < -0.4 is 5.32 Å². The number of ketones is 1. The minimum Gasteiger partial charge on any atom is -0.346 e. The quantitative estimate of drug-likeness (QED) is 0.735. The van der Waals surface area contributed by atoms with Crippen LogP contribution in [0.5, 0.6) is 0 Å². The molecule has 0 aromatic rings. The summed E-state index contributed by atoms with van der Waals surface area (Å²) < 4.78 is 0. The number of nitrogens with one attached hydrogen (secondary N) is 1. The number of rotatable bonds is 6. The van der Waals surface area contributed by atoms with E-state index in [0.717, 1.165) is 6.42 Å². The second kappa shape index (κ2) is 6.59. The number of amides is 1. The Kier molecular flexibility index (Phi) is 6.21. The largest absolute Gasteiger partial charge is 0.346 e. The molecular weight excluding hydrogens is 190 g/mol. The second-order valence-electron chi connectivity index (χ2n) is 4.96. The molecule has 15 heavy (non-hydrogen) atoms. The summed E-state index contributed by atoms with van der Waals surface area (Å²) in [6, 6.07) is -0.309. The Bertz CT molecular complexity index is 222. The molecule has 3 nitrogen and oxygen atoms in total. The van der Waals surface area contributed by atoms with Crippen LogP contribution in [0.2, 0.25) is 0 Å². The van der Waals surface area contributed by atoms with E-state index in [1.807, 2.05) is 27.7 Å². The van der Waals surface area contributed by atoms with Gasteiger partial charge in [0, 0.05) is 6.42 Å². The first-order valence-electron chi connectivity index (χ1n) is 5.62. The third kappa shape index (κ3) is 7.11. The molecule has 0 saturated carbocycles. The first-order valence-corrected chi connectivity index (χ1v) is 5.62. The van der Waals surface area contributed by atoms with Crippen LogP contribution in [0.25, 0.3) is 0 Å². The lowest BCUT2D eigenvalue weighted by Crippen LogP contribution is -2.41. The summed E-state index contributed by atoms with van der Waals surface area (Å²) in [5, 5.41) is 2.79. The number of hydrogen-bond donors (Lipinski definition) is 1. The smallest absolute Gasteiger partial charge is 0.220 e. The van der Waals surface area contributed by atoms with Crippen molar-refractivity contribution in [3.05, 3.63) is 0 Å². The van der Waals surface area contributed by atoms with Crippen molar-refractivity contribution < 1.29 is 9.59 Å². The molecule has 0 spiro atoms. The maximum atomic E-state index is 11.5. The average molecular weight is 213 g/mol. The lowest BCUT2D eigenvalue weighted by molar-refractivity contribution is -0.127. The van der Waals surface area contributed by atoms with Gasteiger partial charge in [0.1, 0.15) is 0 Å². The number of Topliss-reactive ketones (excluding diaryl/α,β-unsaturated/α-hetero) is 1. The van der Waals surface area contributed by atoms with Crippen LogP contribution in [0.15, 0.2) is 0 Å². The highest BCUT2D eigenvalue weighted by Crippen LogP contribution is 2.07. The summed E-state index contributed by atoms with van der Waals surface area (Å²) in [4.78, 5) is 22.8. The zero-order valence-corrected chi connectivity index (χ0v) is 10.5. The molecule has 1 atom stereocenters. The molecule has 0 saturated heterocycles. The van der Waals surface area contributed by atoms with E-state index in [4.69, 9.17) is 0 Å². The van der Waals surface area contributed by atoms with Crippen molar-refractivity contribution in [3.63, 3.8) is 0 Å². The van der Waals surface area contributed by atoms with E-state index in [2.05, 4.69) is 5.32 Å².